The number of rotatable bonds is 5. The van der Waals surface area contributed by atoms with Crippen LogP contribution >= 0.6 is 11.3 Å². The molecule has 1 rings (SSSR count). The van der Waals surface area contributed by atoms with Gasteiger partial charge in [0.2, 0.25) is 0 Å². The van der Waals surface area contributed by atoms with E-state index in [-0.39, 0.29) is 6.04 Å². The quantitative estimate of drug-likeness (QED) is 0.793. The highest BCUT2D eigenvalue weighted by atomic mass is 32.1. The molecule has 0 saturated carbocycles. The highest BCUT2D eigenvalue weighted by molar-refractivity contribution is 7.12. The molecule has 0 amide bonds. The normalized spacial score (nSPS) is 13.8. The summed E-state index contributed by atoms with van der Waals surface area (Å²) in [6.07, 6.45) is 1.24. The van der Waals surface area contributed by atoms with Crippen LogP contribution < -0.4 is 5.32 Å². The van der Waals surface area contributed by atoms with E-state index in [2.05, 4.69) is 32.2 Å². The third-order valence-electron chi connectivity index (χ3n) is 2.60. The van der Waals surface area contributed by atoms with Crippen molar-refractivity contribution in [2.75, 3.05) is 6.54 Å². The van der Waals surface area contributed by atoms with Gasteiger partial charge in [0.1, 0.15) is 0 Å². The maximum absolute atomic E-state index is 10.5. The topological polar surface area (TPSA) is 49.3 Å². The second-order valence-electron chi connectivity index (χ2n) is 4.30. The lowest BCUT2D eigenvalue weighted by molar-refractivity contribution is -0.131. The number of carboxylic acids is 1. The van der Waals surface area contributed by atoms with Crippen LogP contribution in [0.1, 0.15) is 35.2 Å². The molecular formula is C13H19NO2S. The predicted molar refractivity (Wildman–Crippen MR) is 71.6 cm³/mol. The minimum absolute atomic E-state index is 0.247. The van der Waals surface area contributed by atoms with Gasteiger partial charge < -0.3 is 10.4 Å². The number of hydrogen-bond donors (Lipinski definition) is 2. The summed E-state index contributed by atoms with van der Waals surface area (Å²) in [7, 11) is 0. The molecule has 0 radical (unpaired) electrons. The van der Waals surface area contributed by atoms with Gasteiger partial charge in [0.15, 0.2) is 0 Å². The first-order valence-corrected chi connectivity index (χ1v) is 6.42. The standard InChI is InChI=1S/C13H19NO2S/c1-8(5-13(15)16)7-14-10(3)12-6-9(2)17-11(12)4/h5-6,10,14H,7H2,1-4H3,(H,15,16)/b8-5+. The largest absolute Gasteiger partial charge is 0.478 e. The van der Waals surface area contributed by atoms with Gasteiger partial charge in [0, 0.05) is 28.4 Å². The van der Waals surface area contributed by atoms with Crippen LogP contribution in [0.25, 0.3) is 0 Å². The molecule has 3 nitrogen and oxygen atoms in total. The number of carbonyl (C=O) groups is 1. The molecular weight excluding hydrogens is 234 g/mol. The molecule has 0 fully saturated rings. The van der Waals surface area contributed by atoms with Crippen LogP contribution in [0, 0.1) is 13.8 Å². The van der Waals surface area contributed by atoms with E-state index in [1.54, 1.807) is 11.3 Å². The Kier molecular flexibility index (Phi) is 4.90. The van der Waals surface area contributed by atoms with Gasteiger partial charge in [-0.05, 0) is 39.3 Å². The van der Waals surface area contributed by atoms with Crippen molar-refractivity contribution < 1.29 is 9.90 Å². The van der Waals surface area contributed by atoms with E-state index >= 15 is 0 Å². The Balaban J connectivity index is 2.59. The van der Waals surface area contributed by atoms with E-state index in [4.69, 9.17) is 5.11 Å². The Bertz CT molecular complexity index is 435. The predicted octanol–water partition coefficient (Wildman–Crippen LogP) is 3.05. The molecule has 17 heavy (non-hydrogen) atoms. The van der Waals surface area contributed by atoms with Crippen molar-refractivity contribution in [3.05, 3.63) is 33.0 Å². The maximum Gasteiger partial charge on any atom is 0.328 e. The Hall–Kier alpha value is -1.13. The third-order valence-corrected chi connectivity index (χ3v) is 3.58. The van der Waals surface area contributed by atoms with E-state index in [0.717, 1.165) is 5.57 Å². The fraction of sp³-hybridized carbons (Fsp3) is 0.462. The molecule has 0 aromatic carbocycles. The second-order valence-corrected chi connectivity index (χ2v) is 5.76. The fourth-order valence-corrected chi connectivity index (χ4v) is 2.79. The lowest BCUT2D eigenvalue weighted by Crippen LogP contribution is -2.21. The molecule has 0 aliphatic rings. The number of carboxylic acid groups (broad SMARTS) is 1. The van der Waals surface area contributed by atoms with Gasteiger partial charge in [0.25, 0.3) is 0 Å². The summed E-state index contributed by atoms with van der Waals surface area (Å²) >= 11 is 1.79. The first-order valence-electron chi connectivity index (χ1n) is 5.60. The molecule has 1 unspecified atom stereocenters. The average Bonchev–Trinajstić information content (AvgIpc) is 2.53. The number of hydrogen-bond acceptors (Lipinski definition) is 3. The molecule has 1 aromatic heterocycles. The van der Waals surface area contributed by atoms with Crippen LogP contribution in [-0.2, 0) is 4.79 Å². The van der Waals surface area contributed by atoms with E-state index in [1.165, 1.54) is 21.4 Å². The Labute approximate surface area is 106 Å². The number of thiophene rings is 1. The van der Waals surface area contributed by atoms with Crippen LogP contribution in [0.5, 0.6) is 0 Å². The first-order chi connectivity index (χ1) is 7.90. The van der Waals surface area contributed by atoms with Gasteiger partial charge in [0.05, 0.1) is 0 Å². The van der Waals surface area contributed by atoms with Crippen molar-refractivity contribution >= 4 is 17.3 Å². The molecule has 0 bridgehead atoms. The van der Waals surface area contributed by atoms with Crippen LogP contribution in [0.2, 0.25) is 0 Å². The maximum atomic E-state index is 10.5. The fourth-order valence-electron chi connectivity index (χ4n) is 1.77. The van der Waals surface area contributed by atoms with Gasteiger partial charge in [-0.25, -0.2) is 4.79 Å². The monoisotopic (exact) mass is 253 g/mol. The zero-order valence-electron chi connectivity index (χ0n) is 10.7. The van der Waals surface area contributed by atoms with E-state index < -0.39 is 5.97 Å². The van der Waals surface area contributed by atoms with E-state index in [1.807, 2.05) is 6.92 Å². The minimum atomic E-state index is -0.889. The zero-order chi connectivity index (χ0) is 13.0. The molecule has 0 spiro atoms. The van der Waals surface area contributed by atoms with Crippen molar-refractivity contribution in [2.24, 2.45) is 0 Å². The van der Waals surface area contributed by atoms with Crippen LogP contribution in [0.4, 0.5) is 0 Å². The van der Waals surface area contributed by atoms with Gasteiger partial charge in [-0.1, -0.05) is 5.57 Å². The van der Waals surface area contributed by atoms with Crippen molar-refractivity contribution in [3.8, 4) is 0 Å². The number of aliphatic carboxylic acids is 1. The van der Waals surface area contributed by atoms with Crippen molar-refractivity contribution in [1.82, 2.24) is 5.32 Å². The summed E-state index contributed by atoms with van der Waals surface area (Å²) in [5.74, 6) is -0.889. The second kappa shape index (κ2) is 5.98. The molecule has 0 aliphatic carbocycles. The summed E-state index contributed by atoms with van der Waals surface area (Å²) in [5.41, 5.74) is 2.13. The Morgan fingerprint density at radius 2 is 2.24 bits per heavy atom. The molecule has 1 aromatic rings. The van der Waals surface area contributed by atoms with Crippen LogP contribution in [0.3, 0.4) is 0 Å². The highest BCUT2D eigenvalue weighted by Crippen LogP contribution is 2.26. The molecule has 0 saturated heterocycles. The Morgan fingerprint density at radius 3 is 2.71 bits per heavy atom. The van der Waals surface area contributed by atoms with Crippen molar-refractivity contribution in [1.29, 1.82) is 0 Å². The van der Waals surface area contributed by atoms with Crippen molar-refractivity contribution in [3.63, 3.8) is 0 Å². The SMILES string of the molecule is C/C(=C\C(=O)O)CNC(C)c1cc(C)sc1C. The lowest BCUT2D eigenvalue weighted by atomic mass is 10.1. The molecule has 94 valence electrons. The highest BCUT2D eigenvalue weighted by Gasteiger charge is 2.10. The van der Waals surface area contributed by atoms with Gasteiger partial charge in [-0.3, -0.25) is 0 Å². The molecule has 0 aliphatic heterocycles. The average molecular weight is 253 g/mol. The number of nitrogens with one attached hydrogen (secondary N) is 1. The van der Waals surface area contributed by atoms with Gasteiger partial charge in [-0.2, -0.15) is 0 Å². The summed E-state index contributed by atoms with van der Waals surface area (Å²) in [6, 6.07) is 2.44. The van der Waals surface area contributed by atoms with Crippen molar-refractivity contribution in [2.45, 2.75) is 33.7 Å². The summed E-state index contributed by atoms with van der Waals surface area (Å²) in [6.45, 7) is 8.73. The number of aryl methyl sites for hydroxylation is 2. The van der Waals surface area contributed by atoms with Crippen LogP contribution in [0.15, 0.2) is 17.7 Å². The zero-order valence-corrected chi connectivity index (χ0v) is 11.5. The van der Waals surface area contributed by atoms with Gasteiger partial charge >= 0.3 is 5.97 Å². The van der Waals surface area contributed by atoms with Gasteiger partial charge in [-0.15, -0.1) is 11.3 Å². The molecule has 2 N–H and O–H groups in total. The van der Waals surface area contributed by atoms with Crippen LogP contribution in [-0.4, -0.2) is 17.6 Å². The first kappa shape index (κ1) is 13.9. The summed E-state index contributed by atoms with van der Waals surface area (Å²) in [5, 5.41) is 11.9. The molecule has 1 atom stereocenters. The van der Waals surface area contributed by atoms with E-state index in [0.29, 0.717) is 6.54 Å². The molecule has 1 heterocycles. The minimum Gasteiger partial charge on any atom is -0.478 e. The smallest absolute Gasteiger partial charge is 0.328 e. The molecule has 4 heteroatoms. The summed E-state index contributed by atoms with van der Waals surface area (Å²) < 4.78 is 0. The summed E-state index contributed by atoms with van der Waals surface area (Å²) in [4.78, 5) is 13.1. The van der Waals surface area contributed by atoms with E-state index in [9.17, 15) is 4.79 Å². The lowest BCUT2D eigenvalue weighted by Gasteiger charge is -2.13. The Morgan fingerprint density at radius 1 is 1.59 bits per heavy atom. The third kappa shape index (κ3) is 4.32.